The van der Waals surface area contributed by atoms with Crippen molar-refractivity contribution in [1.82, 2.24) is 4.90 Å². The molecule has 31 heavy (non-hydrogen) atoms. The van der Waals surface area contributed by atoms with Gasteiger partial charge in [-0.25, -0.2) is 8.42 Å². The molecule has 8 heteroatoms. The molecular formula is C23H29N3O4S. The number of amides is 2. The lowest BCUT2D eigenvalue weighted by molar-refractivity contribution is -0.139. The number of nitrogens with one attached hydrogen (secondary N) is 2. The highest BCUT2D eigenvalue weighted by Gasteiger charge is 2.35. The van der Waals surface area contributed by atoms with Crippen molar-refractivity contribution in [2.45, 2.75) is 46.6 Å². The maximum Gasteiger partial charge on any atom is 0.251 e. The molecule has 0 aliphatic carbocycles. The van der Waals surface area contributed by atoms with Gasteiger partial charge in [0.25, 0.3) is 5.91 Å². The predicted molar refractivity (Wildman–Crippen MR) is 123 cm³/mol. The summed E-state index contributed by atoms with van der Waals surface area (Å²) in [5.74, 6) is -0.388. The van der Waals surface area contributed by atoms with E-state index in [0.29, 0.717) is 36.3 Å². The standard InChI is InChI=1S/C23H29N3O4S/c1-6-19(27)26-12-11-17-9-7-8-10-18(17)22(26)23(28)24-20-14(2)13-15(3)21(16(20)4)25-31(5,29)30/h7-10,13,22,25H,6,11-12H2,1-5H3,(H,24,28). The summed E-state index contributed by atoms with van der Waals surface area (Å²) < 4.78 is 26.2. The molecule has 0 bridgehead atoms. The number of hydrogen-bond acceptors (Lipinski definition) is 4. The van der Waals surface area contributed by atoms with Gasteiger partial charge in [-0.3, -0.25) is 14.3 Å². The Morgan fingerprint density at radius 1 is 1.10 bits per heavy atom. The maximum absolute atomic E-state index is 13.5. The van der Waals surface area contributed by atoms with E-state index in [9.17, 15) is 18.0 Å². The quantitative estimate of drug-likeness (QED) is 0.740. The number of fused-ring (bicyclic) bond motifs is 1. The summed E-state index contributed by atoms with van der Waals surface area (Å²) in [6.07, 6.45) is 2.12. The third-order valence-electron chi connectivity index (χ3n) is 5.66. The molecule has 2 N–H and O–H groups in total. The van der Waals surface area contributed by atoms with E-state index in [1.54, 1.807) is 18.7 Å². The van der Waals surface area contributed by atoms with Crippen LogP contribution in [0.1, 0.15) is 47.2 Å². The molecule has 0 saturated carbocycles. The summed E-state index contributed by atoms with van der Waals surface area (Å²) in [4.78, 5) is 27.7. The van der Waals surface area contributed by atoms with Crippen LogP contribution >= 0.6 is 0 Å². The lowest BCUT2D eigenvalue weighted by atomic mass is 9.91. The average Bonchev–Trinajstić information content (AvgIpc) is 2.71. The zero-order valence-electron chi connectivity index (χ0n) is 18.6. The number of carbonyl (C=O) groups is 2. The third-order valence-corrected chi connectivity index (χ3v) is 6.24. The van der Waals surface area contributed by atoms with Gasteiger partial charge >= 0.3 is 0 Å². The Morgan fingerprint density at radius 3 is 2.39 bits per heavy atom. The van der Waals surface area contributed by atoms with Crippen LogP contribution < -0.4 is 10.0 Å². The summed E-state index contributed by atoms with van der Waals surface area (Å²) >= 11 is 0. The Morgan fingerprint density at radius 2 is 1.74 bits per heavy atom. The number of nitrogens with zero attached hydrogens (tertiary/aromatic N) is 1. The molecule has 3 rings (SSSR count). The minimum absolute atomic E-state index is 0.0774. The summed E-state index contributed by atoms with van der Waals surface area (Å²) in [6.45, 7) is 7.72. The van der Waals surface area contributed by atoms with Gasteiger partial charge in [0, 0.05) is 18.7 Å². The van der Waals surface area contributed by atoms with Crippen LogP contribution in [0, 0.1) is 20.8 Å². The van der Waals surface area contributed by atoms with E-state index in [2.05, 4.69) is 10.0 Å². The monoisotopic (exact) mass is 443 g/mol. The Bertz CT molecular complexity index is 1140. The van der Waals surface area contributed by atoms with Crippen LogP contribution in [0.15, 0.2) is 30.3 Å². The number of rotatable bonds is 5. The Kier molecular flexibility index (Phi) is 6.40. The number of sulfonamides is 1. The van der Waals surface area contributed by atoms with Crippen LogP contribution in [0.3, 0.4) is 0 Å². The van der Waals surface area contributed by atoms with Gasteiger partial charge in [-0.1, -0.05) is 37.3 Å². The van der Waals surface area contributed by atoms with Crippen molar-refractivity contribution in [3.8, 4) is 0 Å². The highest BCUT2D eigenvalue weighted by atomic mass is 32.2. The molecule has 1 unspecified atom stereocenters. The van der Waals surface area contributed by atoms with Gasteiger partial charge in [-0.15, -0.1) is 0 Å². The maximum atomic E-state index is 13.5. The Balaban J connectivity index is 2.03. The second-order valence-electron chi connectivity index (χ2n) is 8.04. The second kappa shape index (κ2) is 8.70. The fourth-order valence-electron chi connectivity index (χ4n) is 4.23. The molecule has 7 nitrogen and oxygen atoms in total. The van der Waals surface area contributed by atoms with Crippen molar-refractivity contribution < 1.29 is 18.0 Å². The zero-order valence-corrected chi connectivity index (χ0v) is 19.4. The van der Waals surface area contributed by atoms with Gasteiger partial charge in [0.15, 0.2) is 0 Å². The van der Waals surface area contributed by atoms with Gasteiger partial charge in [0.1, 0.15) is 6.04 Å². The molecule has 0 aromatic heterocycles. The topological polar surface area (TPSA) is 95.6 Å². The van der Waals surface area contributed by atoms with Crippen LogP contribution in [0.25, 0.3) is 0 Å². The summed E-state index contributed by atoms with van der Waals surface area (Å²) in [5.41, 5.74) is 5.10. The molecule has 166 valence electrons. The van der Waals surface area contributed by atoms with E-state index in [-0.39, 0.29) is 11.8 Å². The van der Waals surface area contributed by atoms with E-state index in [0.717, 1.165) is 28.5 Å². The van der Waals surface area contributed by atoms with E-state index in [4.69, 9.17) is 0 Å². The van der Waals surface area contributed by atoms with Crippen molar-refractivity contribution in [3.63, 3.8) is 0 Å². The highest BCUT2D eigenvalue weighted by Crippen LogP contribution is 2.35. The molecule has 1 heterocycles. The highest BCUT2D eigenvalue weighted by molar-refractivity contribution is 7.92. The smallest absolute Gasteiger partial charge is 0.251 e. The lowest BCUT2D eigenvalue weighted by Gasteiger charge is -2.36. The van der Waals surface area contributed by atoms with Crippen molar-refractivity contribution in [3.05, 3.63) is 58.1 Å². The Labute approximate surface area is 183 Å². The predicted octanol–water partition coefficient (Wildman–Crippen LogP) is 3.46. The fourth-order valence-corrected chi connectivity index (χ4v) is 4.92. The molecular weight excluding hydrogens is 414 g/mol. The first-order valence-corrected chi connectivity index (χ1v) is 12.2. The van der Waals surface area contributed by atoms with E-state index < -0.39 is 16.1 Å². The molecule has 1 atom stereocenters. The molecule has 1 aliphatic heterocycles. The summed E-state index contributed by atoms with van der Waals surface area (Å²) in [5, 5.41) is 2.98. The second-order valence-corrected chi connectivity index (χ2v) is 9.79. The average molecular weight is 444 g/mol. The van der Waals surface area contributed by atoms with Crippen molar-refractivity contribution in [2.24, 2.45) is 0 Å². The molecule has 0 radical (unpaired) electrons. The first-order valence-electron chi connectivity index (χ1n) is 10.3. The van der Waals surface area contributed by atoms with Crippen LogP contribution in [0.5, 0.6) is 0 Å². The van der Waals surface area contributed by atoms with Crippen molar-refractivity contribution in [2.75, 3.05) is 22.8 Å². The van der Waals surface area contributed by atoms with E-state index in [1.165, 1.54) is 0 Å². The van der Waals surface area contributed by atoms with Gasteiger partial charge in [-0.2, -0.15) is 0 Å². The number of aryl methyl sites for hydroxylation is 2. The van der Waals surface area contributed by atoms with Crippen LogP contribution in [-0.4, -0.2) is 37.9 Å². The number of benzene rings is 2. The van der Waals surface area contributed by atoms with Gasteiger partial charge < -0.3 is 10.2 Å². The number of carbonyl (C=O) groups excluding carboxylic acids is 2. The van der Waals surface area contributed by atoms with Crippen LogP contribution in [0.4, 0.5) is 11.4 Å². The molecule has 1 aliphatic rings. The minimum Gasteiger partial charge on any atom is -0.326 e. The van der Waals surface area contributed by atoms with Crippen LogP contribution in [0.2, 0.25) is 0 Å². The largest absolute Gasteiger partial charge is 0.326 e. The molecule has 2 amide bonds. The Hall–Kier alpha value is -2.87. The van der Waals surface area contributed by atoms with E-state index in [1.807, 2.05) is 44.2 Å². The number of anilines is 2. The SMILES string of the molecule is CCC(=O)N1CCc2ccccc2C1C(=O)Nc1c(C)cc(C)c(NS(C)(=O)=O)c1C. The van der Waals surface area contributed by atoms with Crippen molar-refractivity contribution >= 4 is 33.2 Å². The van der Waals surface area contributed by atoms with Gasteiger partial charge in [0.2, 0.25) is 15.9 Å². The molecule has 0 fully saturated rings. The zero-order chi connectivity index (χ0) is 22.9. The first kappa shape index (κ1) is 22.8. The van der Waals surface area contributed by atoms with E-state index >= 15 is 0 Å². The van der Waals surface area contributed by atoms with Gasteiger partial charge in [-0.05, 0) is 55.0 Å². The molecule has 0 saturated heterocycles. The molecule has 0 spiro atoms. The lowest BCUT2D eigenvalue weighted by Crippen LogP contribution is -2.45. The first-order chi connectivity index (χ1) is 14.5. The number of hydrogen-bond donors (Lipinski definition) is 2. The summed E-state index contributed by atoms with van der Waals surface area (Å²) in [6, 6.07) is 8.78. The normalized spacial score (nSPS) is 15.9. The van der Waals surface area contributed by atoms with Crippen molar-refractivity contribution in [1.29, 1.82) is 0 Å². The van der Waals surface area contributed by atoms with Gasteiger partial charge in [0.05, 0.1) is 11.9 Å². The molecule has 2 aromatic rings. The van der Waals surface area contributed by atoms with Crippen LogP contribution in [-0.2, 0) is 26.0 Å². The third kappa shape index (κ3) is 4.74. The molecule has 2 aromatic carbocycles. The summed E-state index contributed by atoms with van der Waals surface area (Å²) in [7, 11) is -3.48. The minimum atomic E-state index is -3.48. The fraction of sp³-hybridized carbons (Fsp3) is 0.391.